The van der Waals surface area contributed by atoms with Crippen LogP contribution in [0.2, 0.25) is 12.1 Å². The summed E-state index contributed by atoms with van der Waals surface area (Å²) >= 11 is 0. The van der Waals surface area contributed by atoms with E-state index in [4.69, 9.17) is 18.9 Å². The zero-order valence-corrected chi connectivity index (χ0v) is 35.8. The van der Waals surface area contributed by atoms with Crippen molar-refractivity contribution in [2.45, 2.75) is 128 Å². The van der Waals surface area contributed by atoms with Gasteiger partial charge in [-0.2, -0.15) is 0 Å². The monoisotopic (exact) mass is 821 g/mol. The van der Waals surface area contributed by atoms with Crippen LogP contribution in [0.4, 0.5) is 0 Å². The molecule has 0 saturated carbocycles. The van der Waals surface area contributed by atoms with Crippen LogP contribution in [-0.2, 0) is 18.9 Å². The Morgan fingerprint density at radius 3 is 1.04 bits per heavy atom. The summed E-state index contributed by atoms with van der Waals surface area (Å²) in [6.07, 6.45) is 5.44. The van der Waals surface area contributed by atoms with Gasteiger partial charge in [0, 0.05) is 77.8 Å². The molecule has 0 bridgehead atoms. The van der Waals surface area contributed by atoms with Gasteiger partial charge in [0.2, 0.25) is 0 Å². The van der Waals surface area contributed by atoms with Crippen molar-refractivity contribution < 1.29 is 68.1 Å². The van der Waals surface area contributed by atoms with Gasteiger partial charge in [0.1, 0.15) is 0 Å². The van der Waals surface area contributed by atoms with Gasteiger partial charge < -0.3 is 68.1 Å². The lowest BCUT2D eigenvalue weighted by Crippen LogP contribution is -2.47. The highest BCUT2D eigenvalue weighted by Crippen LogP contribution is 2.14. The molecule has 0 aliphatic heterocycles. The lowest BCUT2D eigenvalue weighted by atomic mass is 10.0. The van der Waals surface area contributed by atoms with Crippen molar-refractivity contribution in [2.75, 3.05) is 92.1 Å². The molecule has 0 rings (SSSR count). The molecule has 0 aromatic heterocycles. The van der Waals surface area contributed by atoms with Gasteiger partial charge in [-0.1, -0.05) is 66.2 Å². The smallest absolute Gasteiger partial charge is 0.390 e. The molecule has 54 heavy (non-hydrogen) atoms. The summed E-state index contributed by atoms with van der Waals surface area (Å²) < 4.78 is 22.8. The van der Waals surface area contributed by atoms with Crippen LogP contribution in [0.1, 0.15) is 91.9 Å². The number of unbranched alkanes of at least 4 members (excludes halogenated alkanes) is 2. The molecular formula is C36H80N2O14Si2. The number of rotatable bonds is 39. The van der Waals surface area contributed by atoms with Crippen molar-refractivity contribution in [3.8, 4) is 0 Å². The van der Waals surface area contributed by atoms with Gasteiger partial charge in [0.15, 0.2) is 0 Å². The third-order valence-corrected chi connectivity index (χ3v) is 11.3. The molecule has 326 valence electrons. The van der Waals surface area contributed by atoms with Gasteiger partial charge in [0.05, 0.1) is 50.8 Å². The van der Waals surface area contributed by atoms with E-state index in [-0.39, 0.29) is 90.8 Å². The van der Waals surface area contributed by atoms with E-state index in [1.165, 1.54) is 0 Å². The van der Waals surface area contributed by atoms with E-state index < -0.39 is 42.0 Å². The van der Waals surface area contributed by atoms with Gasteiger partial charge in [-0.3, -0.25) is 9.80 Å². The maximum absolute atomic E-state index is 11.0. The summed E-state index contributed by atoms with van der Waals surface area (Å²) in [6.45, 7) is 11.4. The first-order valence-electron chi connectivity index (χ1n) is 20.3. The Morgan fingerprint density at radius 2 is 0.759 bits per heavy atom. The topological polar surface area (TPSA) is 246 Å². The summed E-state index contributed by atoms with van der Waals surface area (Å²) in [5.41, 5.74) is 0. The van der Waals surface area contributed by atoms with Crippen molar-refractivity contribution in [3.05, 3.63) is 0 Å². The van der Waals surface area contributed by atoms with Crippen LogP contribution in [0.3, 0.4) is 0 Å². The SMILES string of the molecule is CCCCC(CC)COCC(O)CN(CCN(CC(O)COCCC[Si](O)(O)O)CC(O)COCC(CC)CCCC)CC(O)COCCC[Si](O)(O)O. The molecule has 0 fully saturated rings. The van der Waals surface area contributed by atoms with Crippen LogP contribution in [-0.4, -0.2) is 193 Å². The fraction of sp³-hybridized carbons (Fsp3) is 1.00. The standard InChI is InChI=1S/C36H80N2O14Si2/c1-5-9-13-31(7-3)25-51-29-35(41)23-37(21-33(39)27-49-17-11-19-53(43,44)45)15-16-38(22-34(40)28-50-18-12-20-54(46,47)48)24-36(42)30-52-26-32(8-4)14-10-6-2/h31-36,39-48H,5-30H2,1-4H3. The molecule has 0 aromatic rings. The second kappa shape index (κ2) is 32.7. The zero-order valence-electron chi connectivity index (χ0n) is 33.8. The maximum atomic E-state index is 11.0. The molecule has 6 unspecified atom stereocenters. The average molecular weight is 821 g/mol. The Labute approximate surface area is 327 Å². The minimum Gasteiger partial charge on any atom is -0.390 e. The van der Waals surface area contributed by atoms with Crippen LogP contribution in [0, 0.1) is 11.8 Å². The zero-order chi connectivity index (χ0) is 40.8. The maximum Gasteiger partial charge on any atom is 0.492 e. The first-order chi connectivity index (χ1) is 25.5. The summed E-state index contributed by atoms with van der Waals surface area (Å²) in [6, 6.07) is -0.340. The minimum atomic E-state index is -4.16. The minimum absolute atomic E-state index is 0.0468. The molecule has 0 spiro atoms. The summed E-state index contributed by atoms with van der Waals surface area (Å²) in [4.78, 5) is 59.0. The van der Waals surface area contributed by atoms with E-state index in [0.717, 1.165) is 51.4 Å². The Hall–Kier alpha value is -0.206. The van der Waals surface area contributed by atoms with Crippen LogP contribution in [0.15, 0.2) is 0 Å². The van der Waals surface area contributed by atoms with Crippen molar-refractivity contribution in [3.63, 3.8) is 0 Å². The third-order valence-electron chi connectivity index (χ3n) is 9.24. The number of hydrogen-bond donors (Lipinski definition) is 10. The van der Waals surface area contributed by atoms with Gasteiger partial charge >= 0.3 is 17.6 Å². The highest BCUT2D eigenvalue weighted by atomic mass is 28.4. The molecular weight excluding hydrogens is 741 g/mol. The summed E-state index contributed by atoms with van der Waals surface area (Å²) in [5, 5.41) is 43.6. The molecule has 0 saturated heterocycles. The van der Waals surface area contributed by atoms with Crippen LogP contribution in [0.5, 0.6) is 0 Å². The van der Waals surface area contributed by atoms with Crippen LogP contribution >= 0.6 is 0 Å². The molecule has 0 aromatic carbocycles. The summed E-state index contributed by atoms with van der Waals surface area (Å²) in [5.74, 6) is 0.834. The Balaban J connectivity index is 5.54. The normalized spacial score (nSPS) is 16.2. The Kier molecular flexibility index (Phi) is 32.6. The number of aliphatic hydroxyl groups is 4. The Morgan fingerprint density at radius 1 is 0.444 bits per heavy atom. The fourth-order valence-corrected chi connectivity index (χ4v) is 7.24. The van der Waals surface area contributed by atoms with Gasteiger partial charge in [-0.15, -0.1) is 0 Å². The van der Waals surface area contributed by atoms with Crippen molar-refractivity contribution >= 4 is 17.6 Å². The van der Waals surface area contributed by atoms with Gasteiger partial charge in [-0.05, 0) is 37.5 Å². The third kappa shape index (κ3) is 33.9. The molecule has 0 amide bonds. The molecule has 16 nitrogen and oxygen atoms in total. The highest BCUT2D eigenvalue weighted by Gasteiger charge is 2.27. The predicted octanol–water partition coefficient (Wildman–Crippen LogP) is 0.145. The summed E-state index contributed by atoms with van der Waals surface area (Å²) in [7, 11) is -8.33. The quantitative estimate of drug-likeness (QED) is 0.0293. The molecule has 6 atom stereocenters. The number of hydrogen-bond acceptors (Lipinski definition) is 16. The fourth-order valence-electron chi connectivity index (χ4n) is 6.00. The molecule has 0 radical (unpaired) electrons. The second-order valence-electron chi connectivity index (χ2n) is 14.9. The molecule has 18 heteroatoms. The first kappa shape index (κ1) is 53.8. The van der Waals surface area contributed by atoms with Crippen LogP contribution in [0.25, 0.3) is 0 Å². The van der Waals surface area contributed by atoms with E-state index in [0.29, 0.717) is 38.1 Å². The lowest BCUT2D eigenvalue weighted by molar-refractivity contribution is -0.0286. The molecule has 10 N–H and O–H groups in total. The lowest BCUT2D eigenvalue weighted by Gasteiger charge is -2.32. The van der Waals surface area contributed by atoms with Crippen molar-refractivity contribution in [2.24, 2.45) is 11.8 Å². The number of ether oxygens (including phenoxy) is 4. The number of nitrogens with zero attached hydrogens (tertiary/aromatic N) is 2. The molecule has 0 heterocycles. The first-order valence-corrected chi connectivity index (χ1v) is 24.4. The average Bonchev–Trinajstić information content (AvgIpc) is 3.08. The van der Waals surface area contributed by atoms with E-state index in [1.807, 2.05) is 9.80 Å². The highest BCUT2D eigenvalue weighted by molar-refractivity contribution is 6.56. The molecule has 0 aliphatic rings. The van der Waals surface area contributed by atoms with E-state index in [9.17, 15) is 49.2 Å². The second-order valence-corrected chi connectivity index (χ2v) is 19.0. The van der Waals surface area contributed by atoms with Crippen molar-refractivity contribution in [1.29, 1.82) is 0 Å². The predicted molar refractivity (Wildman–Crippen MR) is 210 cm³/mol. The van der Waals surface area contributed by atoms with E-state index in [1.54, 1.807) is 0 Å². The van der Waals surface area contributed by atoms with Gasteiger partial charge in [0.25, 0.3) is 0 Å². The number of aliphatic hydroxyl groups excluding tert-OH is 4. The molecule has 0 aliphatic carbocycles. The van der Waals surface area contributed by atoms with Crippen LogP contribution < -0.4 is 0 Å². The van der Waals surface area contributed by atoms with Crippen molar-refractivity contribution in [1.82, 2.24) is 9.80 Å². The van der Waals surface area contributed by atoms with Gasteiger partial charge in [-0.25, -0.2) is 0 Å². The van der Waals surface area contributed by atoms with E-state index in [2.05, 4.69) is 27.7 Å². The largest absolute Gasteiger partial charge is 0.492 e. The Bertz CT molecular complexity index is 780. The van der Waals surface area contributed by atoms with E-state index >= 15 is 0 Å².